The normalized spacial score (nSPS) is 22.5. The lowest BCUT2D eigenvalue weighted by Crippen LogP contribution is -2.38. The lowest BCUT2D eigenvalue weighted by atomic mass is 9.89. The summed E-state index contributed by atoms with van der Waals surface area (Å²) in [5.74, 6) is -1.24. The average Bonchev–Trinajstić information content (AvgIpc) is 2.76. The maximum atomic E-state index is 13.1. The highest BCUT2D eigenvalue weighted by Crippen LogP contribution is 2.30. The van der Waals surface area contributed by atoms with E-state index >= 15 is 0 Å². The first-order chi connectivity index (χ1) is 8.83. The Bertz CT molecular complexity index is 547. The van der Waals surface area contributed by atoms with Crippen molar-refractivity contribution in [2.75, 3.05) is 18.8 Å². The van der Waals surface area contributed by atoms with Crippen LogP contribution in [0.4, 0.5) is 10.1 Å². The van der Waals surface area contributed by atoms with Gasteiger partial charge in [-0.25, -0.2) is 4.39 Å². The zero-order chi connectivity index (χ0) is 14.2. The Balaban J connectivity index is 2.18. The molecule has 0 spiro atoms. The number of hydrogen-bond acceptors (Lipinski definition) is 3. The van der Waals surface area contributed by atoms with Crippen LogP contribution >= 0.6 is 0 Å². The van der Waals surface area contributed by atoms with Crippen molar-refractivity contribution < 1.29 is 14.0 Å². The third-order valence-electron chi connectivity index (χ3n) is 3.60. The van der Waals surface area contributed by atoms with Gasteiger partial charge in [0, 0.05) is 18.7 Å². The number of carbonyl (C=O) groups is 2. The number of carbonyl (C=O) groups excluding carboxylic acids is 2. The summed E-state index contributed by atoms with van der Waals surface area (Å²) < 4.78 is 13.1. The van der Waals surface area contributed by atoms with Crippen LogP contribution in [-0.2, 0) is 4.79 Å². The summed E-state index contributed by atoms with van der Waals surface area (Å²) in [5.41, 5.74) is 10.3. The molecule has 1 fully saturated rings. The molecule has 1 aliphatic heterocycles. The number of benzene rings is 1. The highest BCUT2D eigenvalue weighted by molar-refractivity contribution is 5.96. The zero-order valence-electron chi connectivity index (χ0n) is 10.6. The van der Waals surface area contributed by atoms with Gasteiger partial charge in [-0.05, 0) is 31.5 Å². The minimum absolute atomic E-state index is 0.0669. The molecule has 2 rings (SSSR count). The number of nitrogen functional groups attached to an aromatic ring is 1. The van der Waals surface area contributed by atoms with Gasteiger partial charge in [0.2, 0.25) is 5.91 Å². The molecule has 5 nitrogen and oxygen atoms in total. The predicted molar refractivity (Wildman–Crippen MR) is 68.6 cm³/mol. The van der Waals surface area contributed by atoms with Crippen molar-refractivity contribution in [3.05, 3.63) is 29.6 Å². The molecule has 1 saturated heterocycles. The van der Waals surface area contributed by atoms with Crippen LogP contribution in [0, 0.1) is 11.2 Å². The Hall–Kier alpha value is -2.11. The smallest absolute Gasteiger partial charge is 0.253 e. The van der Waals surface area contributed by atoms with E-state index in [2.05, 4.69) is 0 Å². The largest absolute Gasteiger partial charge is 0.396 e. The van der Waals surface area contributed by atoms with E-state index in [0.29, 0.717) is 18.5 Å². The van der Waals surface area contributed by atoms with Crippen LogP contribution < -0.4 is 11.5 Å². The monoisotopic (exact) mass is 265 g/mol. The second-order valence-corrected chi connectivity index (χ2v) is 5.14. The first-order valence-corrected chi connectivity index (χ1v) is 5.98. The Morgan fingerprint density at radius 3 is 2.63 bits per heavy atom. The summed E-state index contributed by atoms with van der Waals surface area (Å²) >= 11 is 0. The van der Waals surface area contributed by atoms with Crippen LogP contribution in [0.3, 0.4) is 0 Å². The molecule has 1 aromatic carbocycles. The van der Waals surface area contributed by atoms with Crippen molar-refractivity contribution in [2.45, 2.75) is 13.3 Å². The van der Waals surface area contributed by atoms with Gasteiger partial charge in [0.25, 0.3) is 5.91 Å². The molecule has 1 aliphatic rings. The fourth-order valence-corrected chi connectivity index (χ4v) is 2.19. The number of hydrogen-bond donors (Lipinski definition) is 2. The molecule has 6 heteroatoms. The summed E-state index contributed by atoms with van der Waals surface area (Å²) in [6.45, 7) is 2.47. The van der Waals surface area contributed by atoms with Gasteiger partial charge in [0.15, 0.2) is 0 Å². The van der Waals surface area contributed by atoms with Crippen molar-refractivity contribution in [1.29, 1.82) is 0 Å². The minimum Gasteiger partial charge on any atom is -0.396 e. The summed E-state index contributed by atoms with van der Waals surface area (Å²) in [4.78, 5) is 25.1. The molecule has 2 amide bonds. The number of nitrogens with two attached hydrogens (primary N) is 2. The van der Waals surface area contributed by atoms with E-state index in [1.807, 2.05) is 0 Å². The number of amides is 2. The fraction of sp³-hybridized carbons (Fsp3) is 0.385. The molecule has 0 radical (unpaired) electrons. The van der Waals surface area contributed by atoms with Crippen molar-refractivity contribution in [3.8, 4) is 0 Å². The molecule has 1 atom stereocenters. The zero-order valence-corrected chi connectivity index (χ0v) is 10.6. The topological polar surface area (TPSA) is 89.4 Å². The minimum atomic E-state index is -0.693. The average molecular weight is 265 g/mol. The van der Waals surface area contributed by atoms with Crippen LogP contribution in [-0.4, -0.2) is 29.8 Å². The summed E-state index contributed by atoms with van der Waals surface area (Å²) in [5, 5.41) is 0. The summed E-state index contributed by atoms with van der Waals surface area (Å²) in [7, 11) is 0. The molecule has 19 heavy (non-hydrogen) atoms. The lowest BCUT2D eigenvalue weighted by Gasteiger charge is -2.21. The van der Waals surface area contributed by atoms with E-state index in [-0.39, 0.29) is 18.1 Å². The van der Waals surface area contributed by atoms with Crippen molar-refractivity contribution in [1.82, 2.24) is 4.90 Å². The molecule has 1 unspecified atom stereocenters. The molecule has 0 bridgehead atoms. The van der Waals surface area contributed by atoms with E-state index in [0.717, 1.165) is 6.07 Å². The van der Waals surface area contributed by atoms with Crippen LogP contribution in [0.5, 0.6) is 0 Å². The van der Waals surface area contributed by atoms with Gasteiger partial charge in [-0.2, -0.15) is 0 Å². The molecule has 0 aromatic heterocycles. The van der Waals surface area contributed by atoms with Crippen molar-refractivity contribution >= 4 is 17.5 Å². The van der Waals surface area contributed by atoms with E-state index in [9.17, 15) is 14.0 Å². The summed E-state index contributed by atoms with van der Waals surface area (Å²) in [6.07, 6.45) is 0.532. The first kappa shape index (κ1) is 13.3. The van der Waals surface area contributed by atoms with Gasteiger partial charge in [0.1, 0.15) is 5.82 Å². The molecule has 1 heterocycles. The van der Waals surface area contributed by atoms with Gasteiger partial charge in [-0.1, -0.05) is 0 Å². The van der Waals surface area contributed by atoms with E-state index in [1.165, 1.54) is 17.0 Å². The van der Waals surface area contributed by atoms with Gasteiger partial charge in [0.05, 0.1) is 11.1 Å². The molecular weight excluding hydrogens is 249 g/mol. The first-order valence-electron chi connectivity index (χ1n) is 5.98. The molecule has 0 aliphatic carbocycles. The molecule has 0 saturated carbocycles. The molecule has 4 N–H and O–H groups in total. The third kappa shape index (κ3) is 2.38. The second-order valence-electron chi connectivity index (χ2n) is 5.14. The molecule has 102 valence electrons. The standard InChI is InChI=1S/C13H16FN3O2/c1-13(12(16)19)4-5-17(7-13)11(18)8-2-3-9(14)10(15)6-8/h2-3,6H,4-5,7,15H2,1H3,(H2,16,19). The third-order valence-corrected chi connectivity index (χ3v) is 3.60. The number of anilines is 1. The lowest BCUT2D eigenvalue weighted by molar-refractivity contribution is -0.126. The predicted octanol–water partition coefficient (Wildman–Crippen LogP) is 0.745. The van der Waals surface area contributed by atoms with Crippen molar-refractivity contribution in [2.24, 2.45) is 11.1 Å². The fourth-order valence-electron chi connectivity index (χ4n) is 2.19. The van der Waals surface area contributed by atoms with E-state index < -0.39 is 17.1 Å². The Morgan fingerprint density at radius 2 is 2.11 bits per heavy atom. The Kier molecular flexibility index (Phi) is 3.18. The van der Waals surface area contributed by atoms with Gasteiger partial charge in [-0.3, -0.25) is 9.59 Å². The van der Waals surface area contributed by atoms with Gasteiger partial charge in [-0.15, -0.1) is 0 Å². The summed E-state index contributed by atoms with van der Waals surface area (Å²) in [6, 6.07) is 3.84. The van der Waals surface area contributed by atoms with Crippen LogP contribution in [0.25, 0.3) is 0 Å². The number of likely N-dealkylation sites (tertiary alicyclic amines) is 1. The van der Waals surface area contributed by atoms with E-state index in [4.69, 9.17) is 11.5 Å². The number of halogens is 1. The van der Waals surface area contributed by atoms with Crippen molar-refractivity contribution in [3.63, 3.8) is 0 Å². The Labute approximate surface area is 110 Å². The SMILES string of the molecule is CC1(C(N)=O)CCN(C(=O)c2ccc(F)c(N)c2)C1. The molecule has 1 aromatic rings. The van der Waals surface area contributed by atoms with E-state index in [1.54, 1.807) is 6.92 Å². The number of rotatable bonds is 2. The van der Waals surface area contributed by atoms with Gasteiger partial charge >= 0.3 is 0 Å². The maximum Gasteiger partial charge on any atom is 0.253 e. The highest BCUT2D eigenvalue weighted by Gasteiger charge is 2.40. The molecular formula is C13H16FN3O2. The van der Waals surface area contributed by atoms with Crippen LogP contribution in [0.1, 0.15) is 23.7 Å². The number of nitrogens with zero attached hydrogens (tertiary/aromatic N) is 1. The van der Waals surface area contributed by atoms with Crippen LogP contribution in [0.2, 0.25) is 0 Å². The second kappa shape index (κ2) is 4.53. The highest BCUT2D eigenvalue weighted by atomic mass is 19.1. The number of primary amides is 1. The van der Waals surface area contributed by atoms with Crippen LogP contribution in [0.15, 0.2) is 18.2 Å². The van der Waals surface area contributed by atoms with Gasteiger partial charge < -0.3 is 16.4 Å². The Morgan fingerprint density at radius 1 is 1.42 bits per heavy atom. The maximum absolute atomic E-state index is 13.1. The quantitative estimate of drug-likeness (QED) is 0.773.